The second-order valence-electron chi connectivity index (χ2n) is 4.79. The van der Waals surface area contributed by atoms with Gasteiger partial charge in [0.15, 0.2) is 0 Å². The van der Waals surface area contributed by atoms with Gasteiger partial charge in [0.05, 0.1) is 4.90 Å². The Kier molecular flexibility index (Phi) is 7.02. The summed E-state index contributed by atoms with van der Waals surface area (Å²) in [6.45, 7) is 2.50. The Morgan fingerprint density at radius 2 is 2.00 bits per heavy atom. The van der Waals surface area contributed by atoms with E-state index >= 15 is 0 Å². The van der Waals surface area contributed by atoms with Crippen molar-refractivity contribution in [2.75, 3.05) is 26.1 Å². The molecule has 0 aromatic heterocycles. The van der Waals surface area contributed by atoms with Crippen LogP contribution in [0.4, 0.5) is 0 Å². The molecule has 6 heteroatoms. The fourth-order valence-electron chi connectivity index (χ4n) is 1.95. The van der Waals surface area contributed by atoms with E-state index in [0.29, 0.717) is 11.4 Å². The molecule has 0 spiro atoms. The van der Waals surface area contributed by atoms with Crippen molar-refractivity contribution in [2.45, 2.75) is 30.8 Å². The number of sulfonamides is 1. The number of rotatable bonds is 8. The van der Waals surface area contributed by atoms with E-state index < -0.39 is 10.0 Å². The van der Waals surface area contributed by atoms with E-state index in [2.05, 4.69) is 5.32 Å². The molecule has 4 nitrogen and oxygen atoms in total. The Morgan fingerprint density at radius 1 is 1.35 bits per heavy atom. The molecule has 1 aromatic carbocycles. The molecule has 1 atom stereocenters. The minimum absolute atomic E-state index is 0.00454. The maximum atomic E-state index is 12.7. The Bertz CT molecular complexity index is 518. The standard InChI is InChI=1S/C14H24N2O2S2/c1-12(9-10-19-4)16(3)20(17,18)14-8-6-5-7-13(14)11-15-2/h5-8,12,15H,9-11H2,1-4H3. The van der Waals surface area contributed by atoms with E-state index in [1.807, 2.05) is 32.4 Å². The molecule has 1 unspecified atom stereocenters. The summed E-state index contributed by atoms with van der Waals surface area (Å²) in [5, 5.41) is 3.01. The number of nitrogens with one attached hydrogen (secondary N) is 1. The van der Waals surface area contributed by atoms with Crippen LogP contribution >= 0.6 is 11.8 Å². The zero-order chi connectivity index (χ0) is 15.2. The maximum absolute atomic E-state index is 12.7. The average Bonchev–Trinajstić information content (AvgIpc) is 2.44. The Morgan fingerprint density at radius 3 is 2.60 bits per heavy atom. The van der Waals surface area contributed by atoms with Crippen LogP contribution in [0.5, 0.6) is 0 Å². The van der Waals surface area contributed by atoms with E-state index in [1.54, 1.807) is 30.9 Å². The lowest BCUT2D eigenvalue weighted by atomic mass is 10.2. The van der Waals surface area contributed by atoms with Crippen LogP contribution in [0.2, 0.25) is 0 Å². The lowest BCUT2D eigenvalue weighted by Gasteiger charge is -2.25. The van der Waals surface area contributed by atoms with Crippen molar-refractivity contribution >= 4 is 21.8 Å². The zero-order valence-electron chi connectivity index (χ0n) is 12.6. The lowest BCUT2D eigenvalue weighted by Crippen LogP contribution is -2.36. The molecule has 1 N–H and O–H groups in total. The summed E-state index contributed by atoms with van der Waals surface area (Å²) in [5.41, 5.74) is 0.805. The van der Waals surface area contributed by atoms with Gasteiger partial charge < -0.3 is 5.32 Å². The Hall–Kier alpha value is -0.560. The van der Waals surface area contributed by atoms with E-state index in [9.17, 15) is 8.42 Å². The number of hydrogen-bond donors (Lipinski definition) is 1. The van der Waals surface area contributed by atoms with Crippen molar-refractivity contribution in [3.63, 3.8) is 0 Å². The summed E-state index contributed by atoms with van der Waals surface area (Å²) in [5.74, 6) is 0.958. The van der Waals surface area contributed by atoms with Gasteiger partial charge in [-0.2, -0.15) is 16.1 Å². The minimum atomic E-state index is -3.44. The van der Waals surface area contributed by atoms with Crippen LogP contribution in [-0.2, 0) is 16.6 Å². The molecule has 0 aliphatic heterocycles. The molecular weight excluding hydrogens is 292 g/mol. The molecule has 114 valence electrons. The predicted octanol–water partition coefficient (Wildman–Crippen LogP) is 2.17. The summed E-state index contributed by atoms with van der Waals surface area (Å²) in [6, 6.07) is 7.16. The third-order valence-corrected chi connectivity index (χ3v) is 6.07. The van der Waals surface area contributed by atoms with Crippen LogP contribution in [0.3, 0.4) is 0 Å². The average molecular weight is 316 g/mol. The molecule has 0 amide bonds. The molecule has 1 aromatic rings. The number of hydrogen-bond acceptors (Lipinski definition) is 4. The van der Waals surface area contributed by atoms with Crippen molar-refractivity contribution in [1.29, 1.82) is 0 Å². The second kappa shape index (κ2) is 8.02. The first-order valence-electron chi connectivity index (χ1n) is 6.64. The highest BCUT2D eigenvalue weighted by Gasteiger charge is 2.26. The third kappa shape index (κ3) is 4.22. The summed E-state index contributed by atoms with van der Waals surface area (Å²) in [4.78, 5) is 0.396. The van der Waals surface area contributed by atoms with E-state index in [4.69, 9.17) is 0 Å². The SMILES string of the molecule is CNCc1ccccc1S(=O)(=O)N(C)C(C)CCSC. The summed E-state index contributed by atoms with van der Waals surface area (Å²) in [7, 11) is 0.0395. The predicted molar refractivity (Wildman–Crippen MR) is 86.6 cm³/mol. The zero-order valence-corrected chi connectivity index (χ0v) is 14.2. The fourth-order valence-corrected chi connectivity index (χ4v) is 4.14. The molecular formula is C14H24N2O2S2. The number of nitrogens with zero attached hydrogens (tertiary/aromatic N) is 1. The van der Waals surface area contributed by atoms with Crippen LogP contribution < -0.4 is 5.32 Å². The quantitative estimate of drug-likeness (QED) is 0.798. The van der Waals surface area contributed by atoms with Gasteiger partial charge in [0.2, 0.25) is 10.0 Å². The molecule has 0 heterocycles. The molecule has 1 rings (SSSR count). The first kappa shape index (κ1) is 17.5. The van der Waals surface area contributed by atoms with Gasteiger partial charge in [-0.1, -0.05) is 18.2 Å². The van der Waals surface area contributed by atoms with Gasteiger partial charge in [0.25, 0.3) is 0 Å². The van der Waals surface area contributed by atoms with Crippen molar-refractivity contribution in [3.8, 4) is 0 Å². The van der Waals surface area contributed by atoms with Crippen LogP contribution in [0, 0.1) is 0 Å². The molecule has 0 aliphatic rings. The van der Waals surface area contributed by atoms with E-state index in [-0.39, 0.29) is 6.04 Å². The molecule has 0 aliphatic carbocycles. The second-order valence-corrected chi connectivity index (χ2v) is 7.74. The largest absolute Gasteiger partial charge is 0.316 e. The number of benzene rings is 1. The Balaban J connectivity index is 3.03. The molecule has 0 saturated heterocycles. The summed E-state index contributed by atoms with van der Waals surface area (Å²) >= 11 is 1.73. The summed E-state index contributed by atoms with van der Waals surface area (Å²) < 4.78 is 26.9. The van der Waals surface area contributed by atoms with Crippen molar-refractivity contribution in [2.24, 2.45) is 0 Å². The van der Waals surface area contributed by atoms with Gasteiger partial charge in [-0.25, -0.2) is 8.42 Å². The van der Waals surface area contributed by atoms with Crippen molar-refractivity contribution in [3.05, 3.63) is 29.8 Å². The molecule has 0 bridgehead atoms. The van der Waals surface area contributed by atoms with Gasteiger partial charge >= 0.3 is 0 Å². The molecule has 20 heavy (non-hydrogen) atoms. The smallest absolute Gasteiger partial charge is 0.243 e. The van der Waals surface area contributed by atoms with Gasteiger partial charge in [0.1, 0.15) is 0 Å². The highest BCUT2D eigenvalue weighted by molar-refractivity contribution is 7.98. The van der Waals surface area contributed by atoms with Gasteiger partial charge in [0, 0.05) is 19.6 Å². The van der Waals surface area contributed by atoms with E-state index in [0.717, 1.165) is 17.7 Å². The van der Waals surface area contributed by atoms with E-state index in [1.165, 1.54) is 4.31 Å². The monoisotopic (exact) mass is 316 g/mol. The molecule has 0 radical (unpaired) electrons. The number of thioether (sulfide) groups is 1. The molecule has 0 saturated carbocycles. The third-order valence-electron chi connectivity index (χ3n) is 3.36. The highest BCUT2D eigenvalue weighted by Crippen LogP contribution is 2.22. The van der Waals surface area contributed by atoms with Crippen molar-refractivity contribution < 1.29 is 8.42 Å². The van der Waals surface area contributed by atoms with Crippen LogP contribution in [0.15, 0.2) is 29.2 Å². The van der Waals surface area contributed by atoms with Gasteiger partial charge in [-0.15, -0.1) is 0 Å². The van der Waals surface area contributed by atoms with Crippen LogP contribution in [0.1, 0.15) is 18.9 Å². The Labute approximate surface area is 127 Å². The summed E-state index contributed by atoms with van der Waals surface area (Å²) in [6.07, 6.45) is 2.88. The van der Waals surface area contributed by atoms with Crippen molar-refractivity contribution in [1.82, 2.24) is 9.62 Å². The first-order chi connectivity index (χ1) is 9.45. The molecule has 0 fully saturated rings. The van der Waals surface area contributed by atoms with Gasteiger partial charge in [-0.05, 0) is 44.0 Å². The van der Waals surface area contributed by atoms with Gasteiger partial charge in [-0.3, -0.25) is 0 Å². The maximum Gasteiger partial charge on any atom is 0.243 e. The van der Waals surface area contributed by atoms with Crippen LogP contribution in [-0.4, -0.2) is 44.9 Å². The minimum Gasteiger partial charge on any atom is -0.316 e. The normalized spacial score (nSPS) is 13.7. The highest BCUT2D eigenvalue weighted by atomic mass is 32.2. The lowest BCUT2D eigenvalue weighted by molar-refractivity contribution is 0.382. The first-order valence-corrected chi connectivity index (χ1v) is 9.48. The fraction of sp³-hybridized carbons (Fsp3) is 0.571. The topological polar surface area (TPSA) is 49.4 Å². The van der Waals surface area contributed by atoms with Crippen LogP contribution in [0.25, 0.3) is 0 Å².